The third kappa shape index (κ3) is 4.19. The highest BCUT2D eigenvalue weighted by Crippen LogP contribution is 2.28. The number of benzene rings is 2. The van der Waals surface area contributed by atoms with Crippen molar-refractivity contribution in [2.24, 2.45) is 11.8 Å². The maximum atomic E-state index is 13.0. The van der Waals surface area contributed by atoms with E-state index >= 15 is 0 Å². The zero-order chi connectivity index (χ0) is 17.1. The Morgan fingerprint density at radius 3 is 2.27 bits per heavy atom. The number of hydrogen-bond acceptors (Lipinski definition) is 3. The third-order valence-electron chi connectivity index (χ3n) is 5.48. The van der Waals surface area contributed by atoms with Gasteiger partial charge in [0.1, 0.15) is 0 Å². The summed E-state index contributed by atoms with van der Waals surface area (Å²) < 4.78 is 0. The number of anilines is 2. The van der Waals surface area contributed by atoms with Crippen molar-refractivity contribution in [2.75, 3.05) is 31.5 Å². The maximum Gasteiger partial charge on any atom is 0.253 e. The summed E-state index contributed by atoms with van der Waals surface area (Å²) in [5.41, 5.74) is 2.75. The van der Waals surface area contributed by atoms with Gasteiger partial charge in [0.05, 0.1) is 0 Å². The van der Waals surface area contributed by atoms with Crippen LogP contribution in [0.2, 0.25) is 0 Å². The first-order valence-electron chi connectivity index (χ1n) is 9.22. The lowest BCUT2D eigenvalue weighted by atomic mass is 9.92. The van der Waals surface area contributed by atoms with Crippen LogP contribution in [0.15, 0.2) is 54.6 Å². The summed E-state index contributed by atoms with van der Waals surface area (Å²) in [5, 5.41) is 6.85. The van der Waals surface area contributed by atoms with Gasteiger partial charge in [0, 0.05) is 30.0 Å². The van der Waals surface area contributed by atoms with Crippen LogP contribution in [0.3, 0.4) is 0 Å². The second-order valence-corrected chi connectivity index (χ2v) is 7.12. The molecule has 5 heteroatoms. The molecule has 0 bridgehead atoms. The molecule has 0 aliphatic carbocycles. The average molecular weight is 372 g/mol. The molecule has 0 saturated carbocycles. The zero-order valence-electron chi connectivity index (χ0n) is 14.9. The molecular weight excluding hydrogens is 346 g/mol. The van der Waals surface area contributed by atoms with E-state index in [1.807, 2.05) is 59.5 Å². The first-order chi connectivity index (χ1) is 12.3. The lowest BCUT2D eigenvalue weighted by molar-refractivity contribution is 0.0758. The van der Waals surface area contributed by atoms with Gasteiger partial charge in [-0.05, 0) is 68.1 Å². The van der Waals surface area contributed by atoms with Gasteiger partial charge in [-0.15, -0.1) is 12.4 Å². The molecule has 0 aromatic heterocycles. The Balaban J connectivity index is 0.00000196. The first kappa shape index (κ1) is 18.7. The molecule has 2 aromatic carbocycles. The van der Waals surface area contributed by atoms with Gasteiger partial charge in [-0.3, -0.25) is 4.79 Å². The number of carbonyl (C=O) groups is 1. The van der Waals surface area contributed by atoms with Crippen LogP contribution < -0.4 is 10.6 Å². The van der Waals surface area contributed by atoms with E-state index in [9.17, 15) is 4.79 Å². The lowest BCUT2D eigenvalue weighted by Crippen LogP contribution is -2.32. The van der Waals surface area contributed by atoms with Crippen LogP contribution in [0.1, 0.15) is 23.2 Å². The van der Waals surface area contributed by atoms with Crippen LogP contribution in [-0.2, 0) is 0 Å². The fourth-order valence-electron chi connectivity index (χ4n) is 4.02. The molecule has 2 aromatic rings. The number of likely N-dealkylation sites (tertiary alicyclic amines) is 1. The minimum absolute atomic E-state index is 0. The van der Waals surface area contributed by atoms with E-state index in [1.54, 1.807) is 0 Å². The Kier molecular flexibility index (Phi) is 6.17. The molecule has 2 aliphatic heterocycles. The Morgan fingerprint density at radius 2 is 1.58 bits per heavy atom. The molecule has 0 unspecified atom stereocenters. The fraction of sp³-hybridized carbons (Fsp3) is 0.381. The summed E-state index contributed by atoms with van der Waals surface area (Å²) in [7, 11) is 0. The van der Waals surface area contributed by atoms with Crippen molar-refractivity contribution in [1.29, 1.82) is 0 Å². The van der Waals surface area contributed by atoms with Crippen molar-refractivity contribution in [3.8, 4) is 0 Å². The highest BCUT2D eigenvalue weighted by Gasteiger charge is 2.31. The van der Waals surface area contributed by atoms with E-state index in [4.69, 9.17) is 0 Å². The number of para-hydroxylation sites is 1. The molecular formula is C21H26ClN3O. The van der Waals surface area contributed by atoms with Gasteiger partial charge < -0.3 is 15.5 Å². The summed E-state index contributed by atoms with van der Waals surface area (Å²) >= 11 is 0. The second kappa shape index (κ2) is 8.56. The summed E-state index contributed by atoms with van der Waals surface area (Å²) in [6.45, 7) is 3.97. The van der Waals surface area contributed by atoms with Gasteiger partial charge in [0.2, 0.25) is 0 Å². The Labute approximate surface area is 161 Å². The average Bonchev–Trinajstić information content (AvgIpc) is 3.01. The van der Waals surface area contributed by atoms with Gasteiger partial charge in [0.15, 0.2) is 0 Å². The largest absolute Gasteiger partial charge is 0.356 e. The maximum absolute atomic E-state index is 13.0. The van der Waals surface area contributed by atoms with Crippen molar-refractivity contribution in [3.05, 3.63) is 60.2 Å². The predicted octanol–water partition coefficient (Wildman–Crippen LogP) is 3.92. The van der Waals surface area contributed by atoms with E-state index in [2.05, 4.69) is 10.6 Å². The summed E-state index contributed by atoms with van der Waals surface area (Å²) in [4.78, 5) is 15.0. The van der Waals surface area contributed by atoms with Gasteiger partial charge in [0.25, 0.3) is 5.91 Å². The van der Waals surface area contributed by atoms with Crippen molar-refractivity contribution in [2.45, 2.75) is 12.8 Å². The smallest absolute Gasteiger partial charge is 0.253 e. The standard InChI is InChI=1S/C21H25N3O.ClH/c25-21(24-11-9-17-14-22-15-18(17)10-12-24)16-5-4-8-20(13-16)23-19-6-2-1-3-7-19;/h1-8,13,17-18,22-23H,9-12,14-15H2;1H/t17-,18+;. The van der Waals surface area contributed by atoms with E-state index < -0.39 is 0 Å². The lowest BCUT2D eigenvalue weighted by Gasteiger charge is -2.21. The predicted molar refractivity (Wildman–Crippen MR) is 108 cm³/mol. The van der Waals surface area contributed by atoms with Crippen LogP contribution in [0.25, 0.3) is 0 Å². The quantitative estimate of drug-likeness (QED) is 0.859. The minimum Gasteiger partial charge on any atom is -0.356 e. The van der Waals surface area contributed by atoms with Crippen LogP contribution in [0.4, 0.5) is 11.4 Å². The van der Waals surface area contributed by atoms with Gasteiger partial charge in [-0.25, -0.2) is 0 Å². The van der Waals surface area contributed by atoms with Gasteiger partial charge >= 0.3 is 0 Å². The van der Waals surface area contributed by atoms with Crippen molar-refractivity contribution in [3.63, 3.8) is 0 Å². The van der Waals surface area contributed by atoms with E-state index in [-0.39, 0.29) is 18.3 Å². The van der Waals surface area contributed by atoms with Crippen molar-refractivity contribution < 1.29 is 4.79 Å². The van der Waals surface area contributed by atoms with Crippen molar-refractivity contribution in [1.82, 2.24) is 10.2 Å². The van der Waals surface area contributed by atoms with Crippen LogP contribution in [0, 0.1) is 11.8 Å². The number of nitrogens with zero attached hydrogens (tertiary/aromatic N) is 1. The number of nitrogens with one attached hydrogen (secondary N) is 2. The highest BCUT2D eigenvalue weighted by atomic mass is 35.5. The molecule has 0 spiro atoms. The second-order valence-electron chi connectivity index (χ2n) is 7.12. The first-order valence-corrected chi connectivity index (χ1v) is 9.22. The van der Waals surface area contributed by atoms with E-state index in [0.717, 1.165) is 67.8 Å². The monoisotopic (exact) mass is 371 g/mol. The van der Waals surface area contributed by atoms with Crippen LogP contribution >= 0.6 is 12.4 Å². The molecule has 2 N–H and O–H groups in total. The number of halogens is 1. The van der Waals surface area contributed by atoms with Crippen molar-refractivity contribution >= 4 is 29.7 Å². The molecule has 2 heterocycles. The Bertz CT molecular complexity index is 723. The summed E-state index contributed by atoms with van der Waals surface area (Å²) in [6.07, 6.45) is 2.23. The molecule has 2 fully saturated rings. The molecule has 138 valence electrons. The zero-order valence-corrected chi connectivity index (χ0v) is 15.7. The Morgan fingerprint density at radius 1 is 0.923 bits per heavy atom. The van der Waals surface area contributed by atoms with E-state index in [1.165, 1.54) is 0 Å². The number of rotatable bonds is 3. The van der Waals surface area contributed by atoms with Gasteiger partial charge in [-0.1, -0.05) is 24.3 Å². The Hall–Kier alpha value is -2.04. The topological polar surface area (TPSA) is 44.4 Å². The molecule has 2 aliphatic rings. The normalized spacial score (nSPS) is 22.1. The molecule has 4 rings (SSSR count). The molecule has 2 saturated heterocycles. The summed E-state index contributed by atoms with van der Waals surface area (Å²) in [6, 6.07) is 17.9. The number of hydrogen-bond donors (Lipinski definition) is 2. The summed E-state index contributed by atoms with van der Waals surface area (Å²) in [5.74, 6) is 1.64. The number of fused-ring (bicyclic) bond motifs is 1. The number of carbonyl (C=O) groups excluding carboxylic acids is 1. The molecule has 26 heavy (non-hydrogen) atoms. The molecule has 2 atom stereocenters. The molecule has 1 amide bonds. The fourth-order valence-corrected chi connectivity index (χ4v) is 4.02. The number of amides is 1. The van der Waals surface area contributed by atoms with Crippen LogP contribution in [-0.4, -0.2) is 37.0 Å². The van der Waals surface area contributed by atoms with Gasteiger partial charge in [-0.2, -0.15) is 0 Å². The third-order valence-corrected chi connectivity index (χ3v) is 5.48. The molecule has 4 nitrogen and oxygen atoms in total. The molecule has 0 radical (unpaired) electrons. The minimum atomic E-state index is 0. The van der Waals surface area contributed by atoms with E-state index in [0.29, 0.717) is 0 Å². The highest BCUT2D eigenvalue weighted by molar-refractivity contribution is 5.95. The SMILES string of the molecule is Cl.O=C(c1cccc(Nc2ccccc2)c1)N1CC[C@@H]2CNC[C@@H]2CC1. The van der Waals surface area contributed by atoms with Crippen LogP contribution in [0.5, 0.6) is 0 Å².